The fourth-order valence-electron chi connectivity index (χ4n) is 2.83. The van der Waals surface area contributed by atoms with Crippen molar-refractivity contribution in [3.63, 3.8) is 0 Å². The Hall–Kier alpha value is -2.57. The van der Waals surface area contributed by atoms with Crippen molar-refractivity contribution in [3.05, 3.63) is 29.8 Å². The van der Waals surface area contributed by atoms with Crippen molar-refractivity contribution in [1.29, 1.82) is 0 Å². The van der Waals surface area contributed by atoms with Crippen molar-refractivity contribution < 1.29 is 19.1 Å². The van der Waals surface area contributed by atoms with Gasteiger partial charge in [-0.05, 0) is 24.6 Å². The van der Waals surface area contributed by atoms with E-state index in [2.05, 4.69) is 5.32 Å². The van der Waals surface area contributed by atoms with Crippen LogP contribution in [0.2, 0.25) is 0 Å². The monoisotopic (exact) mass is 347 g/mol. The van der Waals surface area contributed by atoms with Crippen LogP contribution < -0.4 is 10.1 Å². The normalized spacial score (nSPS) is 18.0. The second kappa shape index (κ2) is 8.00. The first-order chi connectivity index (χ1) is 11.8. The van der Waals surface area contributed by atoms with Gasteiger partial charge in [0, 0.05) is 33.6 Å². The second-order valence-electron chi connectivity index (χ2n) is 6.49. The summed E-state index contributed by atoms with van der Waals surface area (Å²) in [6, 6.07) is 6.88. The molecule has 0 aromatic heterocycles. The van der Waals surface area contributed by atoms with Gasteiger partial charge < -0.3 is 19.9 Å². The summed E-state index contributed by atoms with van der Waals surface area (Å²) in [5, 5.41) is 2.70. The van der Waals surface area contributed by atoms with Crippen molar-refractivity contribution >= 4 is 17.7 Å². The minimum atomic E-state index is -0.603. The lowest BCUT2D eigenvalue weighted by Crippen LogP contribution is -2.46. The number of likely N-dealkylation sites (N-methyl/N-ethyl adjacent to an activating group) is 1. The average molecular weight is 347 g/mol. The van der Waals surface area contributed by atoms with Crippen LogP contribution in [-0.2, 0) is 20.9 Å². The Balaban J connectivity index is 1.92. The van der Waals surface area contributed by atoms with Crippen LogP contribution in [0.3, 0.4) is 0 Å². The van der Waals surface area contributed by atoms with Gasteiger partial charge >= 0.3 is 0 Å². The summed E-state index contributed by atoms with van der Waals surface area (Å²) in [4.78, 5) is 39.5. The minimum Gasteiger partial charge on any atom is -0.497 e. The summed E-state index contributed by atoms with van der Waals surface area (Å²) in [5.41, 5.74) is 0.978. The molecule has 3 amide bonds. The molecule has 0 bridgehead atoms. The average Bonchev–Trinajstić information content (AvgIpc) is 2.95. The summed E-state index contributed by atoms with van der Waals surface area (Å²) >= 11 is 0. The quantitative estimate of drug-likeness (QED) is 0.819. The van der Waals surface area contributed by atoms with Crippen LogP contribution in [0.5, 0.6) is 5.75 Å². The third-order valence-electron chi connectivity index (χ3n) is 4.29. The highest BCUT2D eigenvalue weighted by atomic mass is 16.5. The standard InChI is InChI=1S/C18H25N3O4/c1-12(18(24)20(2)3)19-17(23)14-9-16(22)21(11-14)10-13-5-7-15(25-4)8-6-13/h5-8,12,14H,9-11H2,1-4H3,(H,19,23)/t12-,14-/m1/s1. The molecule has 2 atom stereocenters. The molecule has 0 aliphatic carbocycles. The first-order valence-electron chi connectivity index (χ1n) is 8.24. The van der Waals surface area contributed by atoms with Gasteiger partial charge in [0.25, 0.3) is 0 Å². The molecule has 1 fully saturated rings. The number of rotatable bonds is 6. The molecule has 0 spiro atoms. The van der Waals surface area contributed by atoms with Crippen LogP contribution in [-0.4, -0.2) is 61.3 Å². The van der Waals surface area contributed by atoms with Crippen molar-refractivity contribution in [2.24, 2.45) is 5.92 Å². The van der Waals surface area contributed by atoms with E-state index >= 15 is 0 Å². The van der Waals surface area contributed by atoms with Gasteiger partial charge in [0.15, 0.2) is 0 Å². The molecule has 1 saturated heterocycles. The van der Waals surface area contributed by atoms with Crippen LogP contribution in [0.1, 0.15) is 18.9 Å². The molecule has 0 unspecified atom stereocenters. The van der Waals surface area contributed by atoms with Crippen molar-refractivity contribution in [1.82, 2.24) is 15.1 Å². The predicted octanol–water partition coefficient (Wildman–Crippen LogP) is 0.637. The zero-order chi connectivity index (χ0) is 18.6. The van der Waals surface area contributed by atoms with Crippen LogP contribution in [0.15, 0.2) is 24.3 Å². The third kappa shape index (κ3) is 4.71. The Labute approximate surface area is 147 Å². The molecule has 0 radical (unpaired) electrons. The number of likely N-dealkylation sites (tertiary alicyclic amines) is 1. The lowest BCUT2D eigenvalue weighted by Gasteiger charge is -2.20. The lowest BCUT2D eigenvalue weighted by atomic mass is 10.1. The molecule has 1 heterocycles. The number of benzene rings is 1. The summed E-state index contributed by atoms with van der Waals surface area (Å²) in [7, 11) is 4.88. The number of ether oxygens (including phenoxy) is 1. The van der Waals surface area contributed by atoms with Crippen molar-refractivity contribution in [3.8, 4) is 5.75 Å². The van der Waals surface area contributed by atoms with E-state index in [0.717, 1.165) is 11.3 Å². The number of amides is 3. The van der Waals surface area contributed by atoms with Crippen LogP contribution in [0, 0.1) is 5.92 Å². The summed E-state index contributed by atoms with van der Waals surface area (Å²) in [6.45, 7) is 2.46. The van der Waals surface area contributed by atoms with E-state index in [9.17, 15) is 14.4 Å². The zero-order valence-electron chi connectivity index (χ0n) is 15.1. The van der Waals surface area contributed by atoms with Crippen molar-refractivity contribution in [2.75, 3.05) is 27.7 Å². The molecule has 2 rings (SSSR count). The van der Waals surface area contributed by atoms with E-state index < -0.39 is 12.0 Å². The van der Waals surface area contributed by atoms with Gasteiger partial charge in [-0.25, -0.2) is 0 Å². The molecule has 1 aliphatic rings. The van der Waals surface area contributed by atoms with Crippen LogP contribution >= 0.6 is 0 Å². The maximum absolute atomic E-state index is 12.3. The van der Waals surface area contributed by atoms with Gasteiger partial charge in [-0.15, -0.1) is 0 Å². The number of hydrogen-bond acceptors (Lipinski definition) is 4. The molecule has 136 valence electrons. The molecule has 7 heteroatoms. The fraction of sp³-hybridized carbons (Fsp3) is 0.500. The molecular weight excluding hydrogens is 322 g/mol. The third-order valence-corrected chi connectivity index (χ3v) is 4.29. The SMILES string of the molecule is COc1ccc(CN2C[C@H](C(=O)N[C@H](C)C(=O)N(C)C)CC2=O)cc1. The molecular formula is C18H25N3O4. The number of carbonyl (C=O) groups excluding carboxylic acids is 3. The summed E-state index contributed by atoms with van der Waals surface area (Å²) in [6.07, 6.45) is 0.171. The fourth-order valence-corrected chi connectivity index (χ4v) is 2.83. The Morgan fingerprint density at radius 2 is 1.96 bits per heavy atom. The van der Waals surface area contributed by atoms with Gasteiger partial charge in [-0.2, -0.15) is 0 Å². The van der Waals surface area contributed by atoms with Gasteiger partial charge in [0.2, 0.25) is 17.7 Å². The second-order valence-corrected chi connectivity index (χ2v) is 6.49. The molecule has 1 aliphatic heterocycles. The molecule has 1 N–H and O–H groups in total. The van der Waals surface area contributed by atoms with Crippen LogP contribution in [0.4, 0.5) is 0 Å². The minimum absolute atomic E-state index is 0.0532. The summed E-state index contributed by atoms with van der Waals surface area (Å²) < 4.78 is 5.12. The number of nitrogens with one attached hydrogen (secondary N) is 1. The topological polar surface area (TPSA) is 79.0 Å². The van der Waals surface area contributed by atoms with Crippen molar-refractivity contribution in [2.45, 2.75) is 25.9 Å². The molecule has 7 nitrogen and oxygen atoms in total. The number of hydrogen-bond donors (Lipinski definition) is 1. The van der Waals surface area contributed by atoms with E-state index in [-0.39, 0.29) is 24.1 Å². The highest BCUT2D eigenvalue weighted by Crippen LogP contribution is 2.21. The Bertz CT molecular complexity index is 642. The molecule has 25 heavy (non-hydrogen) atoms. The smallest absolute Gasteiger partial charge is 0.244 e. The zero-order valence-corrected chi connectivity index (χ0v) is 15.1. The molecule has 1 aromatic rings. The van der Waals surface area contributed by atoms with E-state index in [1.165, 1.54) is 4.90 Å². The van der Waals surface area contributed by atoms with Gasteiger partial charge in [0.05, 0.1) is 13.0 Å². The van der Waals surface area contributed by atoms with E-state index in [4.69, 9.17) is 4.74 Å². The predicted molar refractivity (Wildman–Crippen MR) is 92.8 cm³/mol. The lowest BCUT2D eigenvalue weighted by molar-refractivity contribution is -0.135. The number of carbonyl (C=O) groups is 3. The Morgan fingerprint density at radius 1 is 1.32 bits per heavy atom. The maximum atomic E-state index is 12.3. The van der Waals surface area contributed by atoms with Crippen LogP contribution in [0.25, 0.3) is 0 Å². The Morgan fingerprint density at radius 3 is 2.52 bits per heavy atom. The largest absolute Gasteiger partial charge is 0.497 e. The summed E-state index contributed by atoms with van der Waals surface area (Å²) in [5.74, 6) is -0.153. The molecule has 1 aromatic carbocycles. The highest BCUT2D eigenvalue weighted by molar-refractivity contribution is 5.92. The highest BCUT2D eigenvalue weighted by Gasteiger charge is 2.35. The van der Waals surface area contributed by atoms with E-state index in [1.54, 1.807) is 33.0 Å². The number of methoxy groups -OCH3 is 1. The van der Waals surface area contributed by atoms with Gasteiger partial charge in [-0.1, -0.05) is 12.1 Å². The van der Waals surface area contributed by atoms with E-state index in [1.807, 2.05) is 24.3 Å². The molecule has 0 saturated carbocycles. The van der Waals surface area contributed by atoms with Gasteiger partial charge in [0.1, 0.15) is 11.8 Å². The van der Waals surface area contributed by atoms with Gasteiger partial charge in [-0.3, -0.25) is 14.4 Å². The first-order valence-corrected chi connectivity index (χ1v) is 8.24. The number of nitrogens with zero attached hydrogens (tertiary/aromatic N) is 2. The Kier molecular flexibility index (Phi) is 6.01. The first kappa shape index (κ1) is 18.8. The maximum Gasteiger partial charge on any atom is 0.244 e. The van der Waals surface area contributed by atoms with E-state index in [0.29, 0.717) is 13.1 Å².